The number of furan rings is 1. The van der Waals surface area contributed by atoms with Crippen LogP contribution in [-0.2, 0) is 4.79 Å². The van der Waals surface area contributed by atoms with Crippen LogP contribution in [-0.4, -0.2) is 54.0 Å². The highest BCUT2D eigenvalue weighted by Crippen LogP contribution is 2.33. The van der Waals surface area contributed by atoms with Gasteiger partial charge in [-0.2, -0.15) is 24.9 Å². The lowest BCUT2D eigenvalue weighted by molar-refractivity contribution is -0.188. The van der Waals surface area contributed by atoms with Gasteiger partial charge in [-0.1, -0.05) is 0 Å². The predicted octanol–water partition coefficient (Wildman–Crippen LogP) is 2.93. The minimum Gasteiger partial charge on any atom is -0.459 e. The molecule has 1 aromatic heterocycles. The van der Waals surface area contributed by atoms with E-state index in [0.717, 1.165) is 0 Å². The van der Waals surface area contributed by atoms with Crippen molar-refractivity contribution in [2.75, 3.05) is 25.1 Å². The fourth-order valence-corrected chi connectivity index (χ4v) is 3.27. The van der Waals surface area contributed by atoms with Crippen molar-refractivity contribution in [2.24, 2.45) is 5.92 Å². The van der Waals surface area contributed by atoms with Gasteiger partial charge in [-0.3, -0.25) is 9.59 Å². The summed E-state index contributed by atoms with van der Waals surface area (Å²) in [6.45, 7) is -0.0769. The van der Waals surface area contributed by atoms with E-state index in [-0.39, 0.29) is 25.3 Å². The summed E-state index contributed by atoms with van der Waals surface area (Å²) >= 11 is 1.50. The van der Waals surface area contributed by atoms with Crippen LogP contribution in [0, 0.1) is 5.92 Å². The molecule has 2 rings (SSSR count). The molecule has 1 aliphatic heterocycles. The molecule has 5 nitrogen and oxygen atoms in total. The quantitative estimate of drug-likeness (QED) is 0.827. The molecule has 1 aromatic rings. The third-order valence-electron chi connectivity index (χ3n) is 4.16. The Balaban J connectivity index is 2.05. The molecule has 0 spiro atoms. The number of nitrogens with zero attached hydrogens (tertiary/aromatic N) is 1. The molecule has 0 radical (unpaired) electrons. The zero-order valence-corrected chi connectivity index (χ0v) is 14.7. The summed E-state index contributed by atoms with van der Waals surface area (Å²) in [7, 11) is 0. The zero-order chi connectivity index (χ0) is 18.4. The third-order valence-corrected chi connectivity index (χ3v) is 4.80. The lowest BCUT2D eigenvalue weighted by Gasteiger charge is -2.35. The molecule has 0 aliphatic carbocycles. The molecule has 0 aromatic carbocycles. The van der Waals surface area contributed by atoms with Crippen LogP contribution in [0.3, 0.4) is 0 Å². The van der Waals surface area contributed by atoms with Crippen LogP contribution in [0.2, 0.25) is 0 Å². The number of likely N-dealkylation sites (tertiary alicyclic amines) is 1. The van der Waals surface area contributed by atoms with E-state index in [0.29, 0.717) is 18.6 Å². The highest BCUT2D eigenvalue weighted by Gasteiger charge is 2.43. The summed E-state index contributed by atoms with van der Waals surface area (Å²) in [4.78, 5) is 26.0. The highest BCUT2D eigenvalue weighted by atomic mass is 32.2. The molecule has 0 bridgehead atoms. The van der Waals surface area contributed by atoms with Gasteiger partial charge in [0.1, 0.15) is 6.04 Å². The molecule has 2 heterocycles. The Labute approximate surface area is 148 Å². The van der Waals surface area contributed by atoms with Crippen LogP contribution < -0.4 is 5.32 Å². The van der Waals surface area contributed by atoms with Crippen LogP contribution in [0.4, 0.5) is 13.2 Å². The topological polar surface area (TPSA) is 62.6 Å². The monoisotopic (exact) mass is 378 g/mol. The lowest BCUT2D eigenvalue weighted by Crippen LogP contribution is -2.53. The maximum atomic E-state index is 13.0. The minimum atomic E-state index is -4.31. The molecule has 140 valence electrons. The van der Waals surface area contributed by atoms with Crippen molar-refractivity contribution in [3.63, 3.8) is 0 Å². The van der Waals surface area contributed by atoms with Crippen molar-refractivity contribution >= 4 is 23.6 Å². The van der Waals surface area contributed by atoms with Gasteiger partial charge in [0.25, 0.3) is 5.91 Å². The number of halogens is 3. The second kappa shape index (κ2) is 8.64. The van der Waals surface area contributed by atoms with Crippen molar-refractivity contribution in [3.8, 4) is 0 Å². The van der Waals surface area contributed by atoms with Crippen molar-refractivity contribution in [1.82, 2.24) is 10.2 Å². The average molecular weight is 378 g/mol. The molecule has 9 heteroatoms. The van der Waals surface area contributed by atoms with E-state index in [1.165, 1.54) is 29.0 Å². The second-order valence-corrected chi connectivity index (χ2v) is 6.94. The average Bonchev–Trinajstić information content (AvgIpc) is 3.12. The standard InChI is InChI=1S/C16H21F3N2O3S/c1-25-9-6-12(20-14(22)13-5-3-8-24-13)15(23)21-7-2-4-11(10-21)16(17,18)19/h3,5,8,11-12H,2,4,6-7,9-10H2,1H3,(H,20,22)/t11-,12-/m1/s1. The number of carbonyl (C=O) groups is 2. The number of hydrogen-bond donors (Lipinski definition) is 1. The van der Waals surface area contributed by atoms with Gasteiger partial charge in [-0.05, 0) is 43.4 Å². The molecule has 1 saturated heterocycles. The number of piperidine rings is 1. The summed E-state index contributed by atoms with van der Waals surface area (Å²) in [6.07, 6.45) is -0.438. The van der Waals surface area contributed by atoms with Gasteiger partial charge in [-0.15, -0.1) is 0 Å². The Morgan fingerprint density at radius 1 is 1.48 bits per heavy atom. The van der Waals surface area contributed by atoms with E-state index in [9.17, 15) is 22.8 Å². The SMILES string of the molecule is CSCC[C@@H](NC(=O)c1ccco1)C(=O)N1CCC[C@@H](C(F)(F)F)C1. The minimum absolute atomic E-state index is 0.0293. The van der Waals surface area contributed by atoms with Gasteiger partial charge in [0.2, 0.25) is 5.91 Å². The first-order valence-corrected chi connectivity index (χ1v) is 9.41. The van der Waals surface area contributed by atoms with Crippen LogP contribution in [0.15, 0.2) is 22.8 Å². The third kappa shape index (κ3) is 5.42. The predicted molar refractivity (Wildman–Crippen MR) is 88.3 cm³/mol. The van der Waals surface area contributed by atoms with Crippen LogP contribution in [0.5, 0.6) is 0 Å². The number of amides is 2. The first kappa shape index (κ1) is 19.7. The van der Waals surface area contributed by atoms with E-state index >= 15 is 0 Å². The summed E-state index contributed by atoms with van der Waals surface area (Å²) in [5.41, 5.74) is 0. The van der Waals surface area contributed by atoms with Crippen LogP contribution in [0.1, 0.15) is 29.8 Å². The van der Waals surface area contributed by atoms with Crippen LogP contribution in [0.25, 0.3) is 0 Å². The smallest absolute Gasteiger partial charge is 0.393 e. The number of rotatable bonds is 6. The van der Waals surface area contributed by atoms with Crippen LogP contribution >= 0.6 is 11.8 Å². The molecule has 2 atom stereocenters. The number of alkyl halides is 3. The molecule has 2 amide bonds. The first-order chi connectivity index (χ1) is 11.8. The molecular formula is C16H21F3N2O3S. The van der Waals surface area contributed by atoms with E-state index in [1.807, 2.05) is 6.26 Å². The molecular weight excluding hydrogens is 357 g/mol. The summed E-state index contributed by atoms with van der Waals surface area (Å²) in [6, 6.07) is 2.15. The molecule has 1 aliphatic rings. The Morgan fingerprint density at radius 2 is 2.24 bits per heavy atom. The molecule has 1 N–H and O–H groups in total. The normalized spacial score (nSPS) is 19.5. The van der Waals surface area contributed by atoms with Crippen molar-refractivity contribution in [1.29, 1.82) is 0 Å². The number of thioether (sulfide) groups is 1. The highest BCUT2D eigenvalue weighted by molar-refractivity contribution is 7.98. The van der Waals surface area contributed by atoms with Gasteiger partial charge in [0, 0.05) is 13.1 Å². The largest absolute Gasteiger partial charge is 0.459 e. The molecule has 0 saturated carbocycles. The summed E-state index contributed by atoms with van der Waals surface area (Å²) in [5.74, 6) is -1.86. The number of carbonyl (C=O) groups excluding carboxylic acids is 2. The Kier molecular flexibility index (Phi) is 6.80. The number of nitrogens with one attached hydrogen (secondary N) is 1. The first-order valence-electron chi connectivity index (χ1n) is 8.01. The maximum absolute atomic E-state index is 13.0. The van der Waals surface area contributed by atoms with Gasteiger partial charge < -0.3 is 14.6 Å². The molecule has 0 unspecified atom stereocenters. The van der Waals surface area contributed by atoms with Gasteiger partial charge in [0.15, 0.2) is 5.76 Å². The van der Waals surface area contributed by atoms with E-state index in [1.54, 1.807) is 6.07 Å². The molecule has 25 heavy (non-hydrogen) atoms. The Morgan fingerprint density at radius 3 is 2.84 bits per heavy atom. The van der Waals surface area contributed by atoms with Gasteiger partial charge >= 0.3 is 6.18 Å². The van der Waals surface area contributed by atoms with Gasteiger partial charge in [0.05, 0.1) is 12.2 Å². The Bertz CT molecular complexity index is 578. The van der Waals surface area contributed by atoms with Crippen molar-refractivity contribution < 1.29 is 27.2 Å². The fourth-order valence-electron chi connectivity index (χ4n) is 2.80. The number of hydrogen-bond acceptors (Lipinski definition) is 4. The lowest BCUT2D eigenvalue weighted by atomic mass is 9.96. The van der Waals surface area contributed by atoms with Gasteiger partial charge in [-0.25, -0.2) is 0 Å². The summed E-state index contributed by atoms with van der Waals surface area (Å²) in [5, 5.41) is 2.59. The maximum Gasteiger partial charge on any atom is 0.393 e. The molecule has 1 fully saturated rings. The van der Waals surface area contributed by atoms with Crippen molar-refractivity contribution in [2.45, 2.75) is 31.5 Å². The Hall–Kier alpha value is -1.64. The van der Waals surface area contributed by atoms with Crippen molar-refractivity contribution in [3.05, 3.63) is 24.2 Å². The second-order valence-electron chi connectivity index (χ2n) is 5.95. The van der Waals surface area contributed by atoms with E-state index in [2.05, 4.69) is 5.32 Å². The van der Waals surface area contributed by atoms with E-state index in [4.69, 9.17) is 4.42 Å². The summed E-state index contributed by atoms with van der Waals surface area (Å²) < 4.78 is 43.9. The zero-order valence-electron chi connectivity index (χ0n) is 13.8. The fraction of sp³-hybridized carbons (Fsp3) is 0.625. The van der Waals surface area contributed by atoms with E-state index < -0.39 is 30.0 Å².